The van der Waals surface area contributed by atoms with Gasteiger partial charge in [-0.25, -0.2) is 18.3 Å². The number of fused-ring (bicyclic) bond motifs is 2. The highest BCUT2D eigenvalue weighted by Crippen LogP contribution is 2.35. The minimum atomic E-state index is -2.84. The zero-order valence-electron chi connectivity index (χ0n) is 32.9. The Bertz CT molecular complexity index is 2260. The summed E-state index contributed by atoms with van der Waals surface area (Å²) in [5.74, 6) is 0.992. The third kappa shape index (κ3) is 9.60. The van der Waals surface area contributed by atoms with Gasteiger partial charge in [0.05, 0.1) is 43.1 Å². The van der Waals surface area contributed by atoms with Crippen LogP contribution in [0.25, 0.3) is 5.65 Å². The molecular weight excluding hydrogens is 761 g/mol. The summed E-state index contributed by atoms with van der Waals surface area (Å²) in [4.78, 5) is 44.3. The molecule has 0 bridgehead atoms. The molecule has 59 heavy (non-hydrogen) atoms. The average Bonchev–Trinajstić information content (AvgIpc) is 3.87. The molecule has 14 nitrogen and oxygen atoms in total. The number of aromatic nitrogens is 5. The highest BCUT2D eigenvalue weighted by atomic mass is 19.3. The van der Waals surface area contributed by atoms with Crippen molar-refractivity contribution < 1.29 is 32.6 Å². The van der Waals surface area contributed by atoms with E-state index >= 15 is 0 Å². The summed E-state index contributed by atoms with van der Waals surface area (Å²) in [6.45, 7) is 4.43. The second kappa shape index (κ2) is 18.5. The topological polar surface area (TPSA) is 157 Å². The lowest BCUT2D eigenvalue weighted by atomic mass is 9.86. The lowest BCUT2D eigenvalue weighted by molar-refractivity contribution is -0.119. The Hall–Kier alpha value is -5.74. The Morgan fingerprint density at radius 2 is 1.78 bits per heavy atom. The second-order valence-electron chi connectivity index (χ2n) is 15.5. The van der Waals surface area contributed by atoms with Crippen LogP contribution in [0.2, 0.25) is 0 Å². The van der Waals surface area contributed by atoms with E-state index in [1.54, 1.807) is 29.1 Å². The van der Waals surface area contributed by atoms with Crippen molar-refractivity contribution in [3.05, 3.63) is 95.1 Å². The van der Waals surface area contributed by atoms with E-state index in [9.17, 15) is 23.2 Å². The molecule has 1 saturated carbocycles. The van der Waals surface area contributed by atoms with Crippen LogP contribution in [0.5, 0.6) is 11.5 Å². The van der Waals surface area contributed by atoms with Gasteiger partial charge in [0.2, 0.25) is 5.91 Å². The van der Waals surface area contributed by atoms with E-state index in [2.05, 4.69) is 48.2 Å². The first-order valence-corrected chi connectivity index (χ1v) is 20.6. The summed E-state index contributed by atoms with van der Waals surface area (Å²) in [5.41, 5.74) is 2.41. The number of nitrogens with one attached hydrogen (secondary N) is 3. The molecule has 5 aromatic rings. The molecule has 2 aliphatic heterocycles. The van der Waals surface area contributed by atoms with Gasteiger partial charge in [-0.15, -0.1) is 0 Å². The Kier molecular flexibility index (Phi) is 12.5. The highest BCUT2D eigenvalue weighted by molar-refractivity contribution is 6.11. The van der Waals surface area contributed by atoms with Crippen LogP contribution in [0.3, 0.4) is 0 Å². The maximum Gasteiger partial charge on any atom is 0.284 e. The zero-order chi connectivity index (χ0) is 40.7. The zero-order valence-corrected chi connectivity index (χ0v) is 32.9. The van der Waals surface area contributed by atoms with Gasteiger partial charge < -0.3 is 25.0 Å². The summed E-state index contributed by atoms with van der Waals surface area (Å²) in [7, 11) is 0. The van der Waals surface area contributed by atoms with Crippen molar-refractivity contribution in [1.29, 1.82) is 0 Å². The van der Waals surface area contributed by atoms with Gasteiger partial charge in [-0.3, -0.25) is 24.4 Å². The Labute approximate surface area is 340 Å². The number of carbonyl (C=O) groups is 3. The van der Waals surface area contributed by atoms with Crippen molar-refractivity contribution >= 4 is 34.9 Å². The van der Waals surface area contributed by atoms with Gasteiger partial charge in [0.15, 0.2) is 11.3 Å². The lowest BCUT2D eigenvalue weighted by Crippen LogP contribution is -2.37. The van der Waals surface area contributed by atoms with Gasteiger partial charge in [0.1, 0.15) is 22.9 Å². The van der Waals surface area contributed by atoms with Crippen molar-refractivity contribution in [2.45, 2.75) is 76.7 Å². The molecule has 0 radical (unpaired) electrons. The molecule has 3 amide bonds. The van der Waals surface area contributed by atoms with Crippen LogP contribution in [-0.2, 0) is 22.4 Å². The van der Waals surface area contributed by atoms with E-state index < -0.39 is 23.9 Å². The summed E-state index contributed by atoms with van der Waals surface area (Å²) < 4.78 is 42.9. The van der Waals surface area contributed by atoms with E-state index in [0.29, 0.717) is 66.3 Å². The summed E-state index contributed by atoms with van der Waals surface area (Å²) in [6, 6.07) is 15.1. The quantitative estimate of drug-likeness (QED) is 0.0726. The van der Waals surface area contributed by atoms with Gasteiger partial charge in [-0.2, -0.15) is 10.2 Å². The number of amides is 3. The number of imide groups is 1. The van der Waals surface area contributed by atoms with Gasteiger partial charge in [0, 0.05) is 25.5 Å². The smallest absolute Gasteiger partial charge is 0.284 e. The molecular formula is C43H49F2N9O5. The van der Waals surface area contributed by atoms with Crippen molar-refractivity contribution in [3.8, 4) is 11.5 Å². The molecule has 3 aliphatic rings. The fourth-order valence-corrected chi connectivity index (χ4v) is 8.20. The molecule has 5 heterocycles. The Morgan fingerprint density at radius 3 is 2.58 bits per heavy atom. The fourth-order valence-electron chi connectivity index (χ4n) is 8.20. The van der Waals surface area contributed by atoms with Crippen molar-refractivity contribution in [2.24, 2.45) is 5.92 Å². The molecule has 0 spiro atoms. The molecule has 1 saturated heterocycles. The van der Waals surface area contributed by atoms with E-state index in [4.69, 9.17) is 9.47 Å². The minimum absolute atomic E-state index is 0.000435. The number of ether oxygens (including phenoxy) is 2. The van der Waals surface area contributed by atoms with Gasteiger partial charge in [-0.05, 0) is 99.3 Å². The molecule has 3 aromatic heterocycles. The van der Waals surface area contributed by atoms with E-state index in [1.165, 1.54) is 22.5 Å². The molecule has 8 rings (SSSR count). The third-order valence-corrected chi connectivity index (χ3v) is 11.4. The first kappa shape index (κ1) is 40.1. The highest BCUT2D eigenvalue weighted by Gasteiger charge is 2.29. The summed E-state index contributed by atoms with van der Waals surface area (Å²) in [5, 5.41) is 17.2. The number of halogens is 2. The number of nitrogens with zero attached hydrogens (tertiary/aromatic N) is 6. The van der Waals surface area contributed by atoms with Crippen LogP contribution in [0.1, 0.15) is 101 Å². The van der Waals surface area contributed by atoms with E-state index in [1.807, 2.05) is 18.2 Å². The van der Waals surface area contributed by atoms with Gasteiger partial charge in [0.25, 0.3) is 18.2 Å². The SMILES string of the molecule is O=C1Cc2cccc(Oc3ccc(CCCCCCNCC4CCC(n5cc(NC(=O)c6cnn7ccc(N8CCOCC8)nc67)c(C(F)F)n5)CC4)cc3)c2C(=O)N1. The number of carbonyl (C=O) groups excluding carboxylic acids is 3. The molecule has 16 heteroatoms. The van der Waals surface area contributed by atoms with Crippen molar-refractivity contribution in [3.63, 3.8) is 0 Å². The second-order valence-corrected chi connectivity index (χ2v) is 15.5. The average molecular weight is 810 g/mol. The molecule has 0 atom stereocenters. The van der Waals surface area contributed by atoms with Gasteiger partial charge in [-0.1, -0.05) is 37.1 Å². The number of anilines is 2. The molecule has 2 aromatic carbocycles. The Morgan fingerprint density at radius 1 is 0.983 bits per heavy atom. The first-order valence-electron chi connectivity index (χ1n) is 20.6. The van der Waals surface area contributed by atoms with Crippen molar-refractivity contribution in [1.82, 2.24) is 35.0 Å². The van der Waals surface area contributed by atoms with Crippen LogP contribution in [0.4, 0.5) is 20.3 Å². The van der Waals surface area contributed by atoms with E-state index in [0.717, 1.165) is 70.9 Å². The summed E-state index contributed by atoms with van der Waals surface area (Å²) >= 11 is 0. The minimum Gasteiger partial charge on any atom is -0.457 e. The van der Waals surface area contributed by atoms with Crippen LogP contribution in [-0.4, -0.2) is 81.5 Å². The molecule has 0 unspecified atom stereocenters. The lowest BCUT2D eigenvalue weighted by Gasteiger charge is -2.29. The predicted molar refractivity (Wildman–Crippen MR) is 216 cm³/mol. The maximum absolute atomic E-state index is 14.2. The molecule has 3 N–H and O–H groups in total. The number of aryl methyl sites for hydroxylation is 1. The van der Waals surface area contributed by atoms with Crippen molar-refractivity contribution in [2.75, 3.05) is 49.6 Å². The first-order chi connectivity index (χ1) is 28.8. The number of morpholine rings is 1. The number of rotatable bonds is 16. The van der Waals surface area contributed by atoms with Crippen LogP contribution in [0, 0.1) is 5.92 Å². The standard InChI is InChI=1S/C43H49F2N9O5/c44-40(45)39-34(48-42(56)33-26-47-53-19-17-36(49-41(33)53)52-20-22-58-23-21-52)27-54(51-39)31-13-9-29(10-14-31)25-46-18-4-2-1-3-6-28-11-15-32(16-12-28)59-35-8-5-7-30-24-37(55)50-43(57)38(30)35/h5,7-8,11-12,15-17,19,26-27,29,31,40,46H,1-4,6,9-10,13-14,18,20-25H2,(H,48,56)(H,50,55,57). The molecule has 2 fully saturated rings. The number of unbranched alkanes of at least 4 members (excludes halogenated alkanes) is 3. The normalized spacial score (nSPS) is 18.3. The number of hydrogen-bond acceptors (Lipinski definition) is 10. The van der Waals surface area contributed by atoms with Crippen LogP contribution >= 0.6 is 0 Å². The molecule has 1 aliphatic carbocycles. The maximum atomic E-state index is 14.2. The largest absolute Gasteiger partial charge is 0.457 e. The summed E-state index contributed by atoms with van der Waals surface area (Å²) in [6.07, 6.45) is 11.0. The molecule has 310 valence electrons. The monoisotopic (exact) mass is 809 g/mol. The number of benzene rings is 2. The number of alkyl halides is 2. The predicted octanol–water partition coefficient (Wildman–Crippen LogP) is 6.68. The van der Waals surface area contributed by atoms with E-state index in [-0.39, 0.29) is 29.6 Å². The fraction of sp³-hybridized carbons (Fsp3) is 0.442. The Balaban J connectivity index is 0.734. The third-order valence-electron chi connectivity index (χ3n) is 11.4. The van der Waals surface area contributed by atoms with Crippen LogP contribution in [0.15, 0.2) is 67.1 Å². The van der Waals surface area contributed by atoms with Gasteiger partial charge >= 0.3 is 0 Å². The number of hydrogen-bond donors (Lipinski definition) is 3. The van der Waals surface area contributed by atoms with Crippen LogP contribution < -0.4 is 25.6 Å².